The molecule has 2 aromatic rings. The van der Waals surface area contributed by atoms with Gasteiger partial charge < -0.3 is 10.6 Å². The van der Waals surface area contributed by atoms with E-state index in [2.05, 4.69) is 44.7 Å². The maximum atomic E-state index is 4.65. The van der Waals surface area contributed by atoms with Crippen LogP contribution in [-0.4, -0.2) is 33.1 Å². The average Bonchev–Trinajstić information content (AvgIpc) is 3.27. The van der Waals surface area contributed by atoms with Gasteiger partial charge in [-0.3, -0.25) is 4.57 Å². The number of rotatable bonds is 5. The second-order valence-corrected chi connectivity index (χ2v) is 5.47. The number of hydrogen-bond donors (Lipinski definition) is 2. The number of aromatic nitrogens is 3. The average molecular weight is 310 g/mol. The third-order valence-electron chi connectivity index (χ3n) is 3.69. The van der Waals surface area contributed by atoms with E-state index in [1.165, 1.54) is 0 Å². The molecular weight excluding hydrogens is 288 g/mol. The Morgan fingerprint density at radius 3 is 2.87 bits per heavy atom. The Hall–Kier alpha value is -2.63. The number of imidazole rings is 1. The van der Waals surface area contributed by atoms with Crippen molar-refractivity contribution in [3.05, 3.63) is 54.8 Å². The Morgan fingerprint density at radius 2 is 2.22 bits per heavy atom. The van der Waals surface area contributed by atoms with E-state index < -0.39 is 0 Å². The minimum atomic E-state index is 0.453. The molecule has 0 amide bonds. The second kappa shape index (κ2) is 7.58. The van der Waals surface area contributed by atoms with Gasteiger partial charge in [0.2, 0.25) is 0 Å². The Kier molecular flexibility index (Phi) is 5.03. The van der Waals surface area contributed by atoms with Crippen LogP contribution in [0.3, 0.4) is 0 Å². The fourth-order valence-corrected chi connectivity index (χ4v) is 2.48. The van der Waals surface area contributed by atoms with Crippen LogP contribution in [-0.2, 0) is 6.54 Å². The molecule has 2 aromatic heterocycles. The van der Waals surface area contributed by atoms with Gasteiger partial charge in [0.1, 0.15) is 12.1 Å². The zero-order chi connectivity index (χ0) is 15.9. The summed E-state index contributed by atoms with van der Waals surface area (Å²) in [6.45, 7) is 3.53. The van der Waals surface area contributed by atoms with Gasteiger partial charge in [-0.1, -0.05) is 18.2 Å². The van der Waals surface area contributed by atoms with E-state index in [1.54, 1.807) is 12.5 Å². The first-order valence-electron chi connectivity index (χ1n) is 7.98. The van der Waals surface area contributed by atoms with E-state index in [4.69, 9.17) is 0 Å². The first-order valence-corrected chi connectivity index (χ1v) is 7.98. The van der Waals surface area contributed by atoms with Crippen LogP contribution in [0.25, 0.3) is 5.82 Å². The third-order valence-corrected chi connectivity index (χ3v) is 3.69. The maximum Gasteiger partial charge on any atom is 0.191 e. The van der Waals surface area contributed by atoms with Gasteiger partial charge in [0.15, 0.2) is 5.96 Å². The molecule has 6 heteroatoms. The molecule has 0 unspecified atom stereocenters. The fraction of sp³-hybridized carbons (Fsp3) is 0.353. The number of aliphatic imine (C=N–C) groups is 1. The summed E-state index contributed by atoms with van der Waals surface area (Å²) in [6.07, 6.45) is 13.8. The summed E-state index contributed by atoms with van der Waals surface area (Å²) >= 11 is 0. The van der Waals surface area contributed by atoms with Crippen LogP contribution >= 0.6 is 0 Å². The van der Waals surface area contributed by atoms with Crippen molar-refractivity contribution >= 4 is 5.96 Å². The molecule has 0 spiro atoms. The lowest BCUT2D eigenvalue weighted by molar-refractivity contribution is 0.633. The molecule has 0 fully saturated rings. The van der Waals surface area contributed by atoms with Crippen molar-refractivity contribution in [2.24, 2.45) is 4.99 Å². The number of pyridine rings is 1. The molecule has 0 saturated carbocycles. The predicted octanol–water partition coefficient (Wildman–Crippen LogP) is 2.04. The molecule has 1 aliphatic carbocycles. The Bertz CT molecular complexity index is 649. The van der Waals surface area contributed by atoms with Crippen LogP contribution in [0.4, 0.5) is 0 Å². The van der Waals surface area contributed by atoms with Gasteiger partial charge in [0.25, 0.3) is 0 Å². The van der Waals surface area contributed by atoms with Crippen LogP contribution in [0, 0.1) is 0 Å². The van der Waals surface area contributed by atoms with Gasteiger partial charge in [-0.25, -0.2) is 15.0 Å². The Labute approximate surface area is 136 Å². The molecule has 23 heavy (non-hydrogen) atoms. The van der Waals surface area contributed by atoms with Crippen LogP contribution in [0.1, 0.15) is 25.3 Å². The lowest BCUT2D eigenvalue weighted by atomic mass is 10.2. The molecular formula is C17H22N6. The molecule has 6 nitrogen and oxygen atoms in total. The zero-order valence-electron chi connectivity index (χ0n) is 13.3. The summed E-state index contributed by atoms with van der Waals surface area (Å²) in [6, 6.07) is 4.48. The monoisotopic (exact) mass is 310 g/mol. The first-order chi connectivity index (χ1) is 11.3. The van der Waals surface area contributed by atoms with Crippen molar-refractivity contribution in [3.8, 4) is 5.82 Å². The highest BCUT2D eigenvalue weighted by Crippen LogP contribution is 2.09. The molecule has 0 saturated heterocycles. The van der Waals surface area contributed by atoms with Crippen LogP contribution in [0.2, 0.25) is 0 Å². The fourth-order valence-electron chi connectivity index (χ4n) is 2.48. The zero-order valence-corrected chi connectivity index (χ0v) is 13.3. The lowest BCUT2D eigenvalue weighted by Gasteiger charge is -2.16. The van der Waals surface area contributed by atoms with Crippen molar-refractivity contribution in [3.63, 3.8) is 0 Å². The smallest absolute Gasteiger partial charge is 0.191 e. The van der Waals surface area contributed by atoms with E-state index in [9.17, 15) is 0 Å². The molecule has 120 valence electrons. The molecule has 2 N–H and O–H groups in total. The van der Waals surface area contributed by atoms with Gasteiger partial charge in [-0.05, 0) is 31.4 Å². The number of guanidine groups is 1. The van der Waals surface area contributed by atoms with Crippen molar-refractivity contribution in [1.29, 1.82) is 0 Å². The second-order valence-electron chi connectivity index (χ2n) is 5.47. The van der Waals surface area contributed by atoms with Gasteiger partial charge in [0, 0.05) is 31.2 Å². The highest BCUT2D eigenvalue weighted by molar-refractivity contribution is 5.80. The molecule has 0 aromatic carbocycles. The largest absolute Gasteiger partial charge is 0.357 e. The standard InChI is InChI=1S/C17H22N6/c1-2-19-17(22-15-5-3-4-6-15)21-12-14-7-8-16(20-11-14)23-10-9-18-13-23/h3-4,7-11,13,15H,2,5-6,12H2,1H3,(H2,19,21,22). The summed E-state index contributed by atoms with van der Waals surface area (Å²) in [5.41, 5.74) is 1.08. The summed E-state index contributed by atoms with van der Waals surface area (Å²) in [5, 5.41) is 6.76. The molecule has 0 aliphatic heterocycles. The Balaban J connectivity index is 1.62. The quantitative estimate of drug-likeness (QED) is 0.504. The van der Waals surface area contributed by atoms with E-state index in [0.717, 1.165) is 36.7 Å². The summed E-state index contributed by atoms with van der Waals surface area (Å²) in [7, 11) is 0. The molecule has 0 atom stereocenters. The van der Waals surface area contributed by atoms with Crippen LogP contribution in [0.15, 0.2) is 54.2 Å². The summed E-state index contributed by atoms with van der Waals surface area (Å²) < 4.78 is 1.88. The highest BCUT2D eigenvalue weighted by atomic mass is 15.2. The number of nitrogens with zero attached hydrogens (tertiary/aromatic N) is 4. The number of nitrogens with one attached hydrogen (secondary N) is 2. The molecule has 3 rings (SSSR count). The van der Waals surface area contributed by atoms with E-state index in [-0.39, 0.29) is 0 Å². The molecule has 0 bridgehead atoms. The van der Waals surface area contributed by atoms with Gasteiger partial charge in [0.05, 0.1) is 6.54 Å². The minimum Gasteiger partial charge on any atom is -0.357 e. The van der Waals surface area contributed by atoms with Gasteiger partial charge in [-0.2, -0.15) is 0 Å². The Morgan fingerprint density at radius 1 is 1.35 bits per heavy atom. The molecule has 2 heterocycles. The molecule has 0 radical (unpaired) electrons. The van der Waals surface area contributed by atoms with Crippen LogP contribution < -0.4 is 10.6 Å². The van der Waals surface area contributed by atoms with Crippen molar-refractivity contribution in [1.82, 2.24) is 25.2 Å². The van der Waals surface area contributed by atoms with E-state index in [1.807, 2.05) is 29.1 Å². The van der Waals surface area contributed by atoms with Crippen LogP contribution in [0.5, 0.6) is 0 Å². The first kappa shape index (κ1) is 15.3. The van der Waals surface area contributed by atoms with Gasteiger partial charge >= 0.3 is 0 Å². The van der Waals surface area contributed by atoms with Gasteiger partial charge in [-0.15, -0.1) is 0 Å². The maximum absolute atomic E-state index is 4.65. The summed E-state index contributed by atoms with van der Waals surface area (Å²) in [4.78, 5) is 13.1. The molecule has 1 aliphatic rings. The summed E-state index contributed by atoms with van der Waals surface area (Å²) in [5.74, 6) is 1.72. The number of hydrogen-bond acceptors (Lipinski definition) is 3. The predicted molar refractivity (Wildman–Crippen MR) is 91.5 cm³/mol. The van der Waals surface area contributed by atoms with Crippen molar-refractivity contribution in [2.45, 2.75) is 32.4 Å². The normalized spacial score (nSPS) is 15.1. The van der Waals surface area contributed by atoms with E-state index in [0.29, 0.717) is 12.6 Å². The van der Waals surface area contributed by atoms with Crippen molar-refractivity contribution < 1.29 is 0 Å². The lowest BCUT2D eigenvalue weighted by Crippen LogP contribution is -2.42. The SMILES string of the molecule is CCNC(=NCc1ccc(-n2ccnc2)nc1)NC1CC=CC1. The highest BCUT2D eigenvalue weighted by Gasteiger charge is 2.11. The van der Waals surface area contributed by atoms with E-state index >= 15 is 0 Å². The van der Waals surface area contributed by atoms with Crippen molar-refractivity contribution in [2.75, 3.05) is 6.54 Å². The third kappa shape index (κ3) is 4.18. The topological polar surface area (TPSA) is 67.1 Å². The minimum absolute atomic E-state index is 0.453.